The number of aryl methyl sites for hydroxylation is 2. The molecule has 6 aromatic rings. The number of halogens is 1. The maximum atomic E-state index is 14.1. The number of carbonyl (C=O) groups is 4. The minimum Gasteiger partial charge on any atom is -0.391 e. The monoisotopic (exact) mass is 1100 g/mol. The summed E-state index contributed by atoms with van der Waals surface area (Å²) in [6.45, 7) is 13.4. The number of aromatic nitrogens is 5. The normalized spacial score (nSPS) is 18.5. The molecule has 0 bridgehead atoms. The average Bonchev–Trinajstić information content (AvgIpc) is 4.41. The van der Waals surface area contributed by atoms with Gasteiger partial charge in [0.2, 0.25) is 5.91 Å². The molecular weight excluding hydrogens is 1030 g/mol. The minimum atomic E-state index is -0.812. The van der Waals surface area contributed by atoms with E-state index in [2.05, 4.69) is 24.7 Å². The van der Waals surface area contributed by atoms with Gasteiger partial charge in [-0.1, -0.05) is 63.2 Å². The molecule has 3 aliphatic rings. The highest BCUT2D eigenvalue weighted by Gasteiger charge is 2.44. The molecule has 17 nitrogen and oxygen atoms in total. The van der Waals surface area contributed by atoms with Crippen LogP contribution in [0.2, 0.25) is 0 Å². The van der Waals surface area contributed by atoms with E-state index in [-0.39, 0.29) is 80.7 Å². The third-order valence-corrected chi connectivity index (χ3v) is 16.3. The zero-order valence-electron chi connectivity index (χ0n) is 45.9. The van der Waals surface area contributed by atoms with Gasteiger partial charge in [-0.15, -0.1) is 16.4 Å². The van der Waals surface area contributed by atoms with Crippen LogP contribution in [0.25, 0.3) is 27.5 Å². The van der Waals surface area contributed by atoms with Gasteiger partial charge < -0.3 is 34.0 Å². The summed E-state index contributed by atoms with van der Waals surface area (Å²) >= 11 is 1.59. The number of piperazine rings is 1. The van der Waals surface area contributed by atoms with Crippen LogP contribution in [0.3, 0.4) is 0 Å². The molecular formula is C60H74FN9O8S. The van der Waals surface area contributed by atoms with Gasteiger partial charge in [0.1, 0.15) is 35.5 Å². The van der Waals surface area contributed by atoms with E-state index in [1.54, 1.807) is 29.7 Å². The number of anilines is 2. The molecule has 4 aromatic heterocycles. The topological polar surface area (TPSA) is 185 Å². The first-order valence-corrected chi connectivity index (χ1v) is 28.7. The van der Waals surface area contributed by atoms with Crippen molar-refractivity contribution in [1.82, 2.24) is 34.4 Å². The van der Waals surface area contributed by atoms with Gasteiger partial charge in [0.15, 0.2) is 17.2 Å². The van der Waals surface area contributed by atoms with Crippen molar-refractivity contribution in [1.29, 1.82) is 0 Å². The third-order valence-electron chi connectivity index (χ3n) is 15.3. The second-order valence-corrected chi connectivity index (χ2v) is 22.9. The van der Waals surface area contributed by atoms with Crippen molar-refractivity contribution in [3.8, 4) is 21.8 Å². The highest BCUT2D eigenvalue weighted by atomic mass is 32.1. The number of ether oxygens (including phenoxy) is 3. The first-order chi connectivity index (χ1) is 38.2. The summed E-state index contributed by atoms with van der Waals surface area (Å²) in [4.78, 5) is 77.0. The lowest BCUT2D eigenvalue weighted by Gasteiger charge is -2.35. The minimum absolute atomic E-state index is 0.0440. The smallest absolute Gasteiger partial charge is 0.227 e. The Balaban J connectivity index is 0.625. The van der Waals surface area contributed by atoms with Crippen molar-refractivity contribution < 1.29 is 42.9 Å². The molecule has 3 fully saturated rings. The van der Waals surface area contributed by atoms with Crippen molar-refractivity contribution in [3.63, 3.8) is 0 Å². The van der Waals surface area contributed by atoms with Crippen molar-refractivity contribution >= 4 is 51.9 Å². The Morgan fingerprint density at radius 2 is 1.59 bits per heavy atom. The van der Waals surface area contributed by atoms with Gasteiger partial charge in [-0.05, 0) is 91.1 Å². The lowest BCUT2D eigenvalue weighted by atomic mass is 9.76. The molecule has 4 atom stereocenters. The molecule has 3 saturated heterocycles. The third kappa shape index (κ3) is 14.9. The lowest BCUT2D eigenvalue weighted by Crippen LogP contribution is -2.48. The van der Waals surface area contributed by atoms with Crippen LogP contribution >= 0.6 is 11.3 Å². The highest BCUT2D eigenvalue weighted by Crippen LogP contribution is 2.37. The van der Waals surface area contributed by atoms with E-state index in [9.17, 15) is 28.7 Å². The fourth-order valence-electron chi connectivity index (χ4n) is 10.9. The number of fused-ring (bicyclic) bond motifs is 1. The largest absolute Gasteiger partial charge is 0.391 e. The number of aliphatic hydroxyl groups excluding tert-OH is 1. The standard InChI is InChI=1S/C60H74FN9O8S/c1-41-58(79-40-63-41)43-18-15-42(16-19-43)17-20-54(74)52-35-47(72)38-69(52)59(75)49(60(2,3)4)34-48(73)39-78-32-31-77-30-29-76-28-8-11-46(71)37-66-24-26-67(27-25-66)56-14-6-12-50(64-56)53-36-62-55-21-22-57(65-70(53)55)68-23-7-13-51(68)44-9-5-10-45(61)33-44/h5-6,9-10,12,14-16,18-19,21-22,33,36,40,47,49,51-52,72H,7-8,11,13,17,20,23-32,34-35,37-39H2,1-4H3/t47-,49-,51-,52+/m1/s1. The summed E-state index contributed by atoms with van der Waals surface area (Å²) in [6.07, 6.45) is 4.84. The fourth-order valence-corrected chi connectivity index (χ4v) is 11.8. The SMILES string of the molecule is Cc1ncsc1-c1ccc(CCC(=O)[C@@H]2C[C@@H](O)CN2C(=O)[C@@H](CC(=O)COCCOCCOCCCC(=O)CN2CCN(c3cccc(-c4cnc5ccc(N6CCC[C@@H]6c6cccc(F)c6)nn45)n3)CC2)C(C)(C)C)cc1. The van der Waals surface area contributed by atoms with Crippen LogP contribution in [0.5, 0.6) is 0 Å². The molecule has 0 spiro atoms. The second kappa shape index (κ2) is 26.7. The number of imidazole rings is 1. The molecule has 2 aromatic carbocycles. The molecule has 0 aliphatic carbocycles. The Bertz CT molecular complexity index is 3030. The summed E-state index contributed by atoms with van der Waals surface area (Å²) in [5.74, 6) is 0.289. The predicted molar refractivity (Wildman–Crippen MR) is 302 cm³/mol. The van der Waals surface area contributed by atoms with Gasteiger partial charge >= 0.3 is 0 Å². The Kier molecular flexibility index (Phi) is 19.4. The maximum Gasteiger partial charge on any atom is 0.227 e. The Morgan fingerprint density at radius 1 is 0.835 bits per heavy atom. The first-order valence-electron chi connectivity index (χ1n) is 27.8. The van der Waals surface area contributed by atoms with Crippen molar-refractivity contribution in [2.24, 2.45) is 11.3 Å². The molecule has 0 radical (unpaired) electrons. The maximum absolute atomic E-state index is 14.1. The predicted octanol–water partition coefficient (Wildman–Crippen LogP) is 8.01. The number of hydrogen-bond acceptors (Lipinski definition) is 16. The van der Waals surface area contributed by atoms with Crippen molar-refractivity contribution in [3.05, 3.63) is 113 Å². The lowest BCUT2D eigenvalue weighted by molar-refractivity contribution is -0.146. The summed E-state index contributed by atoms with van der Waals surface area (Å²) in [6, 6.07) is 24.2. The van der Waals surface area contributed by atoms with Crippen LogP contribution in [0, 0.1) is 24.1 Å². The van der Waals surface area contributed by atoms with E-state index in [1.165, 1.54) is 11.0 Å². The molecule has 0 unspecified atom stereocenters. The molecule has 420 valence electrons. The number of ketones is 3. The summed E-state index contributed by atoms with van der Waals surface area (Å²) in [5.41, 5.74) is 7.54. The summed E-state index contributed by atoms with van der Waals surface area (Å²) in [7, 11) is 0. The number of benzene rings is 2. The summed E-state index contributed by atoms with van der Waals surface area (Å²) in [5, 5.41) is 15.6. The fraction of sp³-hybridized carbons (Fsp3) is 0.500. The number of amides is 1. The number of rotatable bonds is 26. The number of carbonyl (C=O) groups excluding carboxylic acids is 4. The molecule has 0 saturated carbocycles. The van der Waals surface area contributed by atoms with E-state index in [0.717, 1.165) is 101 Å². The molecule has 79 heavy (non-hydrogen) atoms. The number of nitrogens with zero attached hydrogens (tertiary/aromatic N) is 9. The van der Waals surface area contributed by atoms with E-state index in [4.69, 9.17) is 24.3 Å². The molecule has 9 rings (SSSR count). The molecule has 7 heterocycles. The van der Waals surface area contributed by atoms with Gasteiger partial charge in [-0.3, -0.25) is 24.1 Å². The number of pyridine rings is 1. The van der Waals surface area contributed by atoms with Crippen molar-refractivity contribution in [2.75, 3.05) is 95.3 Å². The van der Waals surface area contributed by atoms with Gasteiger partial charge in [0, 0.05) is 77.5 Å². The van der Waals surface area contributed by atoms with E-state index in [0.29, 0.717) is 45.6 Å². The van der Waals surface area contributed by atoms with Gasteiger partial charge in [-0.25, -0.2) is 23.9 Å². The van der Waals surface area contributed by atoms with Gasteiger partial charge in [0.05, 0.1) is 79.1 Å². The van der Waals surface area contributed by atoms with Crippen LogP contribution in [0.4, 0.5) is 16.0 Å². The van der Waals surface area contributed by atoms with Crippen LogP contribution in [0.15, 0.2) is 90.6 Å². The Hall–Kier alpha value is -6.35. The van der Waals surface area contributed by atoms with Crippen LogP contribution in [-0.4, -0.2) is 160 Å². The molecule has 1 amide bonds. The Labute approximate surface area is 466 Å². The van der Waals surface area contributed by atoms with E-state index >= 15 is 0 Å². The summed E-state index contributed by atoms with van der Waals surface area (Å²) < 4.78 is 33.0. The number of Topliss-reactive ketones (excluding diaryl/α,β-unsaturated/α-hetero) is 3. The quantitative estimate of drug-likeness (QED) is 0.0515. The highest BCUT2D eigenvalue weighted by molar-refractivity contribution is 7.13. The van der Waals surface area contributed by atoms with Gasteiger partial charge in [0.25, 0.3) is 0 Å². The van der Waals surface area contributed by atoms with Crippen LogP contribution in [-0.2, 0) is 39.8 Å². The first kappa shape index (κ1) is 57.3. The molecule has 1 N–H and O–H groups in total. The van der Waals surface area contributed by atoms with Crippen molar-refractivity contribution in [2.45, 2.75) is 97.2 Å². The molecule has 19 heteroatoms. The zero-order chi connectivity index (χ0) is 55.5. The molecule has 3 aliphatic heterocycles. The van der Waals surface area contributed by atoms with Crippen LogP contribution in [0.1, 0.15) is 88.6 Å². The number of thiazole rings is 1. The average molecular weight is 1100 g/mol. The zero-order valence-corrected chi connectivity index (χ0v) is 46.8. The Morgan fingerprint density at radius 3 is 2.34 bits per heavy atom. The number of aliphatic hydroxyl groups is 1. The number of likely N-dealkylation sites (tertiary alicyclic amines) is 1. The van der Waals surface area contributed by atoms with Gasteiger partial charge in [-0.2, -0.15) is 0 Å². The van der Waals surface area contributed by atoms with E-state index < -0.39 is 23.5 Å². The van der Waals surface area contributed by atoms with E-state index in [1.807, 2.05) is 98.4 Å². The number of β-amino-alcohol motifs (C(OH)–C–C–N with tert-alkyl or cyclic N) is 1. The number of hydrogen-bond donors (Lipinski definition) is 1. The van der Waals surface area contributed by atoms with Crippen LogP contribution < -0.4 is 9.80 Å². The second-order valence-electron chi connectivity index (χ2n) is 22.1.